The van der Waals surface area contributed by atoms with Gasteiger partial charge in [0.25, 0.3) is 12.3 Å². The molecule has 0 radical (unpaired) electrons. The van der Waals surface area contributed by atoms with Crippen molar-refractivity contribution in [2.45, 2.75) is 13.3 Å². The van der Waals surface area contributed by atoms with Gasteiger partial charge in [0.05, 0.1) is 16.7 Å². The molecule has 0 saturated heterocycles. The topological polar surface area (TPSA) is 70.7 Å². The number of nitrogens with one attached hydrogen (secondary N) is 2. The van der Waals surface area contributed by atoms with Crippen molar-refractivity contribution in [3.63, 3.8) is 0 Å². The van der Waals surface area contributed by atoms with E-state index in [1.54, 1.807) is 6.07 Å². The number of fused-ring (bicyclic) bond motifs is 1. The molecule has 0 aliphatic heterocycles. The van der Waals surface area contributed by atoms with Crippen molar-refractivity contribution >= 4 is 33.4 Å². The smallest absolute Gasteiger partial charge is 0.295 e. The van der Waals surface area contributed by atoms with E-state index >= 15 is 0 Å². The Hall–Kier alpha value is -3.13. The number of nitrogens with zero attached hydrogens (tertiary/aromatic N) is 2. The van der Waals surface area contributed by atoms with Gasteiger partial charge in [-0.1, -0.05) is 24.3 Å². The van der Waals surface area contributed by atoms with Gasteiger partial charge < -0.3 is 4.98 Å². The van der Waals surface area contributed by atoms with Gasteiger partial charge in [0.2, 0.25) is 0 Å². The first-order valence-corrected chi connectivity index (χ1v) is 9.00. The van der Waals surface area contributed by atoms with Crippen LogP contribution in [0.2, 0.25) is 0 Å². The van der Waals surface area contributed by atoms with Gasteiger partial charge in [0.1, 0.15) is 0 Å². The Kier molecular flexibility index (Phi) is 4.41. The van der Waals surface area contributed by atoms with Crippen LogP contribution in [0.25, 0.3) is 22.3 Å². The number of amides is 1. The van der Waals surface area contributed by atoms with Gasteiger partial charge in [0.15, 0.2) is 11.0 Å². The molecule has 0 aliphatic carbocycles. The molecule has 0 spiro atoms. The number of thiazole rings is 1. The zero-order chi connectivity index (χ0) is 19.0. The second-order valence-electron chi connectivity index (χ2n) is 5.96. The average molecular weight is 384 g/mol. The highest BCUT2D eigenvalue weighted by Crippen LogP contribution is 2.28. The summed E-state index contributed by atoms with van der Waals surface area (Å²) in [7, 11) is 0. The Balaban J connectivity index is 1.56. The molecule has 1 amide bonds. The van der Waals surface area contributed by atoms with Gasteiger partial charge in [0, 0.05) is 16.5 Å². The molecule has 8 heteroatoms. The number of rotatable bonds is 4. The molecule has 4 rings (SSSR count). The molecular weight excluding hydrogens is 370 g/mol. The van der Waals surface area contributed by atoms with Crippen molar-refractivity contribution in [2.75, 3.05) is 5.32 Å². The van der Waals surface area contributed by atoms with E-state index in [4.69, 9.17) is 0 Å². The summed E-state index contributed by atoms with van der Waals surface area (Å²) in [6, 6.07) is 12.4. The predicted octanol–water partition coefficient (Wildman–Crippen LogP) is 5.18. The molecule has 4 aromatic rings. The van der Waals surface area contributed by atoms with Crippen LogP contribution < -0.4 is 5.32 Å². The first-order chi connectivity index (χ1) is 13.0. The lowest BCUT2D eigenvalue weighted by molar-refractivity contribution is 0.102. The summed E-state index contributed by atoms with van der Waals surface area (Å²) in [6.45, 7) is 2.00. The first-order valence-electron chi connectivity index (χ1n) is 8.12. The SMILES string of the molecule is Cc1ccccc1-c1csc(NC(=O)c2ccc3nc(C(F)F)[nH]c3c2)n1. The zero-order valence-electron chi connectivity index (χ0n) is 14.2. The number of anilines is 1. The highest BCUT2D eigenvalue weighted by Gasteiger charge is 2.15. The number of carbonyl (C=O) groups excluding carboxylic acids is 1. The molecule has 2 aromatic carbocycles. The summed E-state index contributed by atoms with van der Waals surface area (Å²) < 4.78 is 25.5. The van der Waals surface area contributed by atoms with Crippen molar-refractivity contribution in [1.29, 1.82) is 0 Å². The number of imidazole rings is 1. The Morgan fingerprint density at radius 3 is 2.78 bits per heavy atom. The zero-order valence-corrected chi connectivity index (χ0v) is 15.0. The van der Waals surface area contributed by atoms with Gasteiger partial charge in [-0.3, -0.25) is 10.1 Å². The van der Waals surface area contributed by atoms with Crippen LogP contribution in [-0.2, 0) is 0 Å². The maximum atomic E-state index is 12.7. The Bertz CT molecular complexity index is 1140. The van der Waals surface area contributed by atoms with E-state index in [1.807, 2.05) is 36.6 Å². The van der Waals surface area contributed by atoms with E-state index in [0.29, 0.717) is 21.7 Å². The fraction of sp³-hybridized carbons (Fsp3) is 0.105. The predicted molar refractivity (Wildman–Crippen MR) is 101 cm³/mol. The monoisotopic (exact) mass is 384 g/mol. The van der Waals surface area contributed by atoms with Crippen LogP contribution in [-0.4, -0.2) is 20.9 Å². The Labute approximate surface area is 157 Å². The van der Waals surface area contributed by atoms with Crippen molar-refractivity contribution < 1.29 is 13.6 Å². The number of aromatic amines is 1. The van der Waals surface area contributed by atoms with E-state index in [1.165, 1.54) is 23.5 Å². The number of alkyl halides is 2. The third-order valence-corrected chi connectivity index (χ3v) is 4.87. The van der Waals surface area contributed by atoms with E-state index in [9.17, 15) is 13.6 Å². The van der Waals surface area contributed by atoms with Gasteiger partial charge >= 0.3 is 0 Å². The number of H-pyrrole nitrogens is 1. The van der Waals surface area contributed by atoms with Crippen molar-refractivity contribution in [2.24, 2.45) is 0 Å². The summed E-state index contributed by atoms with van der Waals surface area (Å²) in [6.07, 6.45) is -2.69. The van der Waals surface area contributed by atoms with Crippen molar-refractivity contribution in [3.8, 4) is 11.3 Å². The molecule has 0 atom stereocenters. The molecule has 0 aliphatic rings. The lowest BCUT2D eigenvalue weighted by atomic mass is 10.1. The summed E-state index contributed by atoms with van der Waals surface area (Å²) >= 11 is 1.33. The number of hydrogen-bond acceptors (Lipinski definition) is 4. The highest BCUT2D eigenvalue weighted by molar-refractivity contribution is 7.14. The number of hydrogen-bond donors (Lipinski definition) is 2. The second-order valence-corrected chi connectivity index (χ2v) is 6.82. The molecule has 27 heavy (non-hydrogen) atoms. The summed E-state index contributed by atoms with van der Waals surface area (Å²) in [5.74, 6) is -0.777. The molecule has 0 bridgehead atoms. The molecule has 0 fully saturated rings. The minimum Gasteiger partial charge on any atom is -0.337 e. The lowest BCUT2D eigenvalue weighted by Crippen LogP contribution is -2.11. The molecule has 2 N–H and O–H groups in total. The summed E-state index contributed by atoms with van der Waals surface area (Å²) in [4.78, 5) is 23.3. The van der Waals surface area contributed by atoms with Crippen LogP contribution in [0.5, 0.6) is 0 Å². The minimum absolute atomic E-state index is 0.333. The van der Waals surface area contributed by atoms with Crippen LogP contribution in [0.3, 0.4) is 0 Å². The fourth-order valence-corrected chi connectivity index (χ4v) is 3.46. The molecule has 136 valence electrons. The highest BCUT2D eigenvalue weighted by atomic mass is 32.1. The summed E-state index contributed by atoms with van der Waals surface area (Å²) in [5, 5.41) is 5.10. The van der Waals surface area contributed by atoms with E-state index in [2.05, 4.69) is 20.3 Å². The molecule has 0 unspecified atom stereocenters. The van der Waals surface area contributed by atoms with Crippen molar-refractivity contribution in [1.82, 2.24) is 15.0 Å². The molecule has 0 saturated carbocycles. The number of halogens is 2. The van der Waals surface area contributed by atoms with Crippen LogP contribution in [0.15, 0.2) is 47.8 Å². The quantitative estimate of drug-likeness (QED) is 0.509. The van der Waals surface area contributed by atoms with Crippen LogP contribution in [0.1, 0.15) is 28.2 Å². The standard InChI is InChI=1S/C19H14F2N4OS/c1-10-4-2-3-5-12(10)15-9-27-19(24-15)25-18(26)11-6-7-13-14(8-11)23-17(22-13)16(20)21/h2-9,16H,1H3,(H,22,23)(H,24,25,26). The maximum Gasteiger partial charge on any atom is 0.295 e. The van der Waals surface area contributed by atoms with Crippen LogP contribution >= 0.6 is 11.3 Å². The Morgan fingerprint density at radius 2 is 2.00 bits per heavy atom. The molecule has 2 aromatic heterocycles. The maximum absolute atomic E-state index is 12.7. The first kappa shape index (κ1) is 17.3. The average Bonchev–Trinajstić information content (AvgIpc) is 3.28. The lowest BCUT2D eigenvalue weighted by Gasteiger charge is -2.02. The fourth-order valence-electron chi connectivity index (χ4n) is 2.76. The van der Waals surface area contributed by atoms with E-state index < -0.39 is 12.2 Å². The third kappa shape index (κ3) is 3.43. The van der Waals surface area contributed by atoms with E-state index in [-0.39, 0.29) is 5.91 Å². The normalized spacial score (nSPS) is 11.3. The molecule has 2 heterocycles. The second kappa shape index (κ2) is 6.88. The van der Waals surface area contributed by atoms with Crippen LogP contribution in [0.4, 0.5) is 13.9 Å². The minimum atomic E-state index is -2.69. The largest absolute Gasteiger partial charge is 0.337 e. The van der Waals surface area contributed by atoms with Gasteiger partial charge in [-0.05, 0) is 30.7 Å². The number of aryl methyl sites for hydroxylation is 1. The van der Waals surface area contributed by atoms with Crippen LogP contribution in [0, 0.1) is 6.92 Å². The summed E-state index contributed by atoms with van der Waals surface area (Å²) in [5.41, 5.74) is 4.00. The van der Waals surface area contributed by atoms with Crippen molar-refractivity contribution in [3.05, 3.63) is 64.8 Å². The van der Waals surface area contributed by atoms with E-state index in [0.717, 1.165) is 16.8 Å². The number of benzene rings is 2. The third-order valence-electron chi connectivity index (χ3n) is 4.11. The number of aromatic nitrogens is 3. The van der Waals surface area contributed by atoms with Gasteiger partial charge in [-0.25, -0.2) is 18.7 Å². The molecule has 5 nitrogen and oxygen atoms in total. The number of carbonyl (C=O) groups is 1. The molecular formula is C19H14F2N4OS. The van der Waals surface area contributed by atoms with Gasteiger partial charge in [-0.15, -0.1) is 11.3 Å². The van der Waals surface area contributed by atoms with Gasteiger partial charge in [-0.2, -0.15) is 0 Å². The Morgan fingerprint density at radius 1 is 1.19 bits per heavy atom.